The Hall–Kier alpha value is -3.62. The molecule has 28 heavy (non-hydrogen) atoms. The number of amides is 1. The summed E-state index contributed by atoms with van der Waals surface area (Å²) in [4.78, 5) is 37.0. The number of likely N-dealkylation sites (N-methyl/N-ethyl adjacent to an activating group) is 1. The first kappa shape index (κ1) is 20.7. The van der Waals surface area contributed by atoms with E-state index < -0.39 is 28.6 Å². The number of carbonyl (C=O) groups is 2. The molecule has 2 aromatic rings. The summed E-state index contributed by atoms with van der Waals surface area (Å²) in [7, 11) is 4.19. The van der Waals surface area contributed by atoms with Gasteiger partial charge in [-0.1, -0.05) is 18.2 Å². The Balaban J connectivity index is 2.26. The molecule has 0 fully saturated rings. The van der Waals surface area contributed by atoms with Gasteiger partial charge in [0.2, 0.25) is 0 Å². The first-order valence-electron chi connectivity index (χ1n) is 8.24. The summed E-state index contributed by atoms with van der Waals surface area (Å²) in [5, 5.41) is 11.3. The summed E-state index contributed by atoms with van der Waals surface area (Å²) in [5.41, 5.74) is -0.240. The van der Waals surface area contributed by atoms with Gasteiger partial charge >= 0.3 is 5.97 Å². The molecule has 0 saturated carbocycles. The topological polar surface area (TPSA) is 108 Å². The van der Waals surface area contributed by atoms with Gasteiger partial charge in [-0.15, -0.1) is 0 Å². The van der Waals surface area contributed by atoms with E-state index >= 15 is 0 Å². The highest BCUT2D eigenvalue weighted by Crippen LogP contribution is 2.35. The van der Waals surface area contributed by atoms with Crippen molar-refractivity contribution in [3.05, 3.63) is 58.1 Å². The maximum atomic E-state index is 12.5. The Kier molecular flexibility index (Phi) is 6.54. The SMILES string of the molecule is COc1cc(C(=O)OC(C)C(=O)N(C)c2ccccc2)c([N+](=O)[O-])cc1OC. The number of esters is 1. The van der Waals surface area contributed by atoms with Crippen molar-refractivity contribution >= 4 is 23.3 Å². The van der Waals surface area contributed by atoms with E-state index in [1.54, 1.807) is 31.3 Å². The molecule has 0 aromatic heterocycles. The largest absolute Gasteiger partial charge is 0.493 e. The van der Waals surface area contributed by atoms with Crippen molar-refractivity contribution in [3.63, 3.8) is 0 Å². The summed E-state index contributed by atoms with van der Waals surface area (Å²) >= 11 is 0. The predicted octanol–water partition coefficient (Wildman–Crippen LogP) is 2.82. The minimum atomic E-state index is -1.16. The molecule has 1 unspecified atom stereocenters. The quantitative estimate of drug-likeness (QED) is 0.408. The van der Waals surface area contributed by atoms with E-state index in [1.807, 2.05) is 6.07 Å². The van der Waals surface area contributed by atoms with Crippen molar-refractivity contribution in [3.8, 4) is 11.5 Å². The number of nitrogens with zero attached hydrogens (tertiary/aromatic N) is 2. The van der Waals surface area contributed by atoms with E-state index in [1.165, 1.54) is 26.0 Å². The van der Waals surface area contributed by atoms with Crippen molar-refractivity contribution < 1.29 is 28.7 Å². The van der Waals surface area contributed by atoms with Crippen LogP contribution in [0.2, 0.25) is 0 Å². The predicted molar refractivity (Wildman–Crippen MR) is 101 cm³/mol. The van der Waals surface area contributed by atoms with Crippen LogP contribution < -0.4 is 14.4 Å². The molecule has 0 N–H and O–H groups in total. The maximum absolute atomic E-state index is 12.5. The lowest BCUT2D eigenvalue weighted by molar-refractivity contribution is -0.385. The summed E-state index contributed by atoms with van der Waals surface area (Å²) in [5.74, 6) is -1.28. The van der Waals surface area contributed by atoms with Crippen LogP contribution in [0.4, 0.5) is 11.4 Å². The van der Waals surface area contributed by atoms with E-state index in [-0.39, 0.29) is 17.1 Å². The highest BCUT2D eigenvalue weighted by molar-refractivity contribution is 6.00. The molecular weight excluding hydrogens is 368 g/mol. The van der Waals surface area contributed by atoms with Crippen molar-refractivity contribution in [2.24, 2.45) is 0 Å². The Morgan fingerprint density at radius 2 is 1.64 bits per heavy atom. The molecule has 1 amide bonds. The van der Waals surface area contributed by atoms with Crippen molar-refractivity contribution in [2.75, 3.05) is 26.2 Å². The fraction of sp³-hybridized carbons (Fsp3) is 0.263. The van der Waals surface area contributed by atoms with E-state index in [4.69, 9.17) is 14.2 Å². The average molecular weight is 388 g/mol. The summed E-state index contributed by atoms with van der Waals surface area (Å²) in [6, 6.07) is 11.0. The molecular formula is C19H20N2O7. The molecule has 0 aliphatic heterocycles. The number of anilines is 1. The number of hydrogen-bond donors (Lipinski definition) is 0. The van der Waals surface area contributed by atoms with Crippen LogP contribution in [0.15, 0.2) is 42.5 Å². The van der Waals surface area contributed by atoms with Crippen LogP contribution in [0.1, 0.15) is 17.3 Å². The van der Waals surface area contributed by atoms with E-state index in [0.29, 0.717) is 5.69 Å². The highest BCUT2D eigenvalue weighted by atomic mass is 16.6. The van der Waals surface area contributed by atoms with Crippen LogP contribution in [-0.2, 0) is 9.53 Å². The molecule has 0 bridgehead atoms. The molecule has 2 aromatic carbocycles. The number of rotatable bonds is 7. The third-order valence-electron chi connectivity index (χ3n) is 4.02. The second-order valence-corrected chi connectivity index (χ2v) is 5.76. The van der Waals surface area contributed by atoms with Gasteiger partial charge in [0.05, 0.1) is 25.2 Å². The number of nitro benzene ring substituents is 1. The minimum absolute atomic E-state index is 0.0960. The smallest absolute Gasteiger partial charge is 0.346 e. The maximum Gasteiger partial charge on any atom is 0.346 e. The van der Waals surface area contributed by atoms with Crippen LogP contribution in [-0.4, -0.2) is 44.2 Å². The zero-order valence-electron chi connectivity index (χ0n) is 15.9. The molecule has 0 heterocycles. The summed E-state index contributed by atoms with van der Waals surface area (Å²) in [6.45, 7) is 1.40. The second kappa shape index (κ2) is 8.85. The van der Waals surface area contributed by atoms with Crippen molar-refractivity contribution in [1.82, 2.24) is 0 Å². The van der Waals surface area contributed by atoms with E-state index in [2.05, 4.69) is 0 Å². The van der Waals surface area contributed by atoms with Gasteiger partial charge in [-0.05, 0) is 19.1 Å². The average Bonchev–Trinajstić information content (AvgIpc) is 2.71. The zero-order chi connectivity index (χ0) is 20.8. The van der Waals surface area contributed by atoms with E-state index in [9.17, 15) is 19.7 Å². The number of carbonyl (C=O) groups excluding carboxylic acids is 2. The first-order valence-corrected chi connectivity index (χ1v) is 8.24. The second-order valence-electron chi connectivity index (χ2n) is 5.76. The van der Waals surface area contributed by atoms with Crippen LogP contribution in [0.25, 0.3) is 0 Å². The molecule has 0 aliphatic rings. The molecule has 0 radical (unpaired) electrons. The third kappa shape index (κ3) is 4.37. The monoisotopic (exact) mass is 388 g/mol. The number of ether oxygens (including phenoxy) is 3. The van der Waals surface area contributed by atoms with Gasteiger partial charge in [0.25, 0.3) is 11.6 Å². The first-order chi connectivity index (χ1) is 13.3. The Labute approximate surface area is 161 Å². The lowest BCUT2D eigenvalue weighted by atomic mass is 10.1. The van der Waals surface area contributed by atoms with Crippen molar-refractivity contribution in [1.29, 1.82) is 0 Å². The summed E-state index contributed by atoms with van der Waals surface area (Å²) in [6.07, 6.45) is -1.16. The Morgan fingerprint density at radius 3 is 2.18 bits per heavy atom. The molecule has 0 saturated heterocycles. The molecule has 0 spiro atoms. The zero-order valence-corrected chi connectivity index (χ0v) is 15.9. The Bertz CT molecular complexity index is 883. The lowest BCUT2D eigenvalue weighted by Gasteiger charge is -2.21. The standard InChI is InChI=1S/C19H20N2O7/c1-12(18(22)20(2)13-8-6-5-7-9-13)28-19(23)14-10-16(26-3)17(27-4)11-15(14)21(24)25/h5-12H,1-4H3. The number of benzene rings is 2. The van der Waals surface area contributed by atoms with E-state index in [0.717, 1.165) is 12.1 Å². The Morgan fingerprint density at radius 1 is 1.07 bits per heavy atom. The van der Waals surface area contributed by atoms with Gasteiger partial charge < -0.3 is 19.1 Å². The van der Waals surface area contributed by atoms with Gasteiger partial charge in [0.15, 0.2) is 17.6 Å². The van der Waals surface area contributed by atoms with Crippen LogP contribution >= 0.6 is 0 Å². The molecule has 148 valence electrons. The van der Waals surface area contributed by atoms with Crippen molar-refractivity contribution in [2.45, 2.75) is 13.0 Å². The fourth-order valence-corrected chi connectivity index (χ4v) is 2.51. The van der Waals surface area contributed by atoms with Gasteiger partial charge in [0, 0.05) is 18.8 Å². The number of nitro groups is 1. The molecule has 2 rings (SSSR count). The van der Waals surface area contributed by atoms with Gasteiger partial charge in [-0.2, -0.15) is 0 Å². The van der Waals surface area contributed by atoms with Gasteiger partial charge in [0.1, 0.15) is 5.56 Å². The molecule has 0 aliphatic carbocycles. The van der Waals surface area contributed by atoms with Crippen LogP contribution in [0.3, 0.4) is 0 Å². The normalized spacial score (nSPS) is 11.3. The van der Waals surface area contributed by atoms with Crippen LogP contribution in [0, 0.1) is 10.1 Å². The van der Waals surface area contributed by atoms with Gasteiger partial charge in [-0.3, -0.25) is 14.9 Å². The molecule has 9 nitrogen and oxygen atoms in total. The highest BCUT2D eigenvalue weighted by Gasteiger charge is 2.29. The summed E-state index contributed by atoms with van der Waals surface area (Å²) < 4.78 is 15.3. The fourth-order valence-electron chi connectivity index (χ4n) is 2.51. The van der Waals surface area contributed by atoms with Gasteiger partial charge in [-0.25, -0.2) is 4.79 Å². The molecule has 1 atom stereocenters. The number of para-hydroxylation sites is 1. The van der Waals surface area contributed by atoms with Crippen LogP contribution in [0.5, 0.6) is 11.5 Å². The molecule has 9 heteroatoms. The number of methoxy groups -OCH3 is 2. The third-order valence-corrected chi connectivity index (χ3v) is 4.02. The lowest BCUT2D eigenvalue weighted by Crippen LogP contribution is -2.37. The minimum Gasteiger partial charge on any atom is -0.493 e. The number of hydrogen-bond acceptors (Lipinski definition) is 7.